The molecule has 1 atom stereocenters. The summed E-state index contributed by atoms with van der Waals surface area (Å²) in [7, 11) is 0. The van der Waals surface area contributed by atoms with Crippen LogP contribution in [0.15, 0.2) is 30.3 Å². The normalized spacial score (nSPS) is 12.8. The van der Waals surface area contributed by atoms with E-state index in [-0.39, 0.29) is 34.3 Å². The average molecular weight is 222 g/mol. The molecule has 0 aliphatic rings. The van der Waals surface area contributed by atoms with Gasteiger partial charge in [-0.2, -0.15) is 0 Å². The molecule has 0 saturated heterocycles. The first-order chi connectivity index (χ1) is 6.00. The SMILES string of the molecule is CC(C)(C)S(=O)Oc1ccccc1.[NaH]. The molecule has 0 spiro atoms. The summed E-state index contributed by atoms with van der Waals surface area (Å²) < 4.78 is 16.4. The monoisotopic (exact) mass is 222 g/mol. The molecule has 1 aromatic carbocycles. The molecular formula is C10H15NaO2S. The molecule has 0 N–H and O–H groups in total. The fourth-order valence-corrected chi connectivity index (χ4v) is 1.22. The van der Waals surface area contributed by atoms with Crippen molar-refractivity contribution in [2.24, 2.45) is 0 Å². The second kappa shape index (κ2) is 5.91. The van der Waals surface area contributed by atoms with Crippen molar-refractivity contribution in [3.63, 3.8) is 0 Å². The Kier molecular flexibility index (Phi) is 5.98. The molecular weight excluding hydrogens is 207 g/mol. The molecule has 0 amide bonds. The van der Waals surface area contributed by atoms with E-state index in [1.807, 2.05) is 39.0 Å². The quantitative estimate of drug-likeness (QED) is 0.714. The Bertz CT molecular complexity index is 293. The van der Waals surface area contributed by atoms with Crippen LogP contribution in [0, 0.1) is 0 Å². The van der Waals surface area contributed by atoms with Crippen LogP contribution in [0.2, 0.25) is 0 Å². The number of benzene rings is 1. The fourth-order valence-electron chi connectivity index (χ4n) is 0.688. The maximum absolute atomic E-state index is 11.5. The van der Waals surface area contributed by atoms with E-state index in [0.717, 1.165) is 0 Å². The van der Waals surface area contributed by atoms with Crippen LogP contribution in [0.3, 0.4) is 0 Å². The van der Waals surface area contributed by atoms with Crippen LogP contribution in [0.25, 0.3) is 0 Å². The molecule has 0 heterocycles. The van der Waals surface area contributed by atoms with E-state index < -0.39 is 11.1 Å². The molecule has 0 bridgehead atoms. The van der Waals surface area contributed by atoms with E-state index in [9.17, 15) is 4.21 Å². The van der Waals surface area contributed by atoms with Gasteiger partial charge in [0.15, 0.2) is 0 Å². The van der Waals surface area contributed by atoms with Gasteiger partial charge in [-0.15, -0.1) is 0 Å². The first kappa shape index (κ1) is 14.2. The van der Waals surface area contributed by atoms with Gasteiger partial charge in [0.2, 0.25) is 11.1 Å². The predicted molar refractivity (Wildman–Crippen MR) is 62.1 cm³/mol. The van der Waals surface area contributed by atoms with Crippen molar-refractivity contribution in [1.82, 2.24) is 0 Å². The first-order valence-electron chi connectivity index (χ1n) is 4.15. The van der Waals surface area contributed by atoms with Crippen molar-refractivity contribution in [3.05, 3.63) is 30.3 Å². The van der Waals surface area contributed by atoms with Crippen molar-refractivity contribution < 1.29 is 8.39 Å². The van der Waals surface area contributed by atoms with E-state index in [1.54, 1.807) is 12.1 Å². The molecule has 4 heteroatoms. The van der Waals surface area contributed by atoms with Crippen LogP contribution in [0.5, 0.6) is 5.75 Å². The minimum atomic E-state index is -1.29. The van der Waals surface area contributed by atoms with Gasteiger partial charge >= 0.3 is 29.6 Å². The van der Waals surface area contributed by atoms with E-state index >= 15 is 0 Å². The fraction of sp³-hybridized carbons (Fsp3) is 0.400. The van der Waals surface area contributed by atoms with Crippen molar-refractivity contribution >= 4 is 40.6 Å². The zero-order valence-electron chi connectivity index (χ0n) is 8.11. The van der Waals surface area contributed by atoms with Gasteiger partial charge in [-0.3, -0.25) is 0 Å². The van der Waals surface area contributed by atoms with Crippen LogP contribution in [-0.2, 0) is 11.1 Å². The van der Waals surface area contributed by atoms with Crippen molar-refractivity contribution in [2.45, 2.75) is 25.5 Å². The summed E-state index contributed by atoms with van der Waals surface area (Å²) in [5.74, 6) is 0.649. The van der Waals surface area contributed by atoms with Gasteiger partial charge in [-0.25, -0.2) is 4.21 Å². The number of rotatable bonds is 2. The van der Waals surface area contributed by atoms with Crippen LogP contribution in [0.4, 0.5) is 0 Å². The van der Waals surface area contributed by atoms with E-state index in [1.165, 1.54) is 0 Å². The average Bonchev–Trinajstić information content (AvgIpc) is 2.04. The second-order valence-corrected chi connectivity index (χ2v) is 5.60. The summed E-state index contributed by atoms with van der Waals surface area (Å²) in [5.41, 5.74) is 0. The maximum atomic E-state index is 11.5. The third-order valence-electron chi connectivity index (χ3n) is 1.42. The van der Waals surface area contributed by atoms with Crippen LogP contribution in [0.1, 0.15) is 20.8 Å². The van der Waals surface area contributed by atoms with E-state index in [0.29, 0.717) is 5.75 Å². The van der Waals surface area contributed by atoms with Gasteiger partial charge in [0.1, 0.15) is 5.75 Å². The van der Waals surface area contributed by atoms with Crippen LogP contribution >= 0.6 is 0 Å². The summed E-state index contributed by atoms with van der Waals surface area (Å²) >= 11 is -1.29. The van der Waals surface area contributed by atoms with Gasteiger partial charge < -0.3 is 4.18 Å². The minimum absolute atomic E-state index is 0. The van der Waals surface area contributed by atoms with Crippen molar-refractivity contribution in [3.8, 4) is 5.75 Å². The zero-order chi connectivity index (χ0) is 9.90. The molecule has 0 fully saturated rings. The number of para-hydroxylation sites is 1. The van der Waals surface area contributed by atoms with Crippen molar-refractivity contribution in [1.29, 1.82) is 0 Å². The Labute approximate surface area is 110 Å². The molecule has 14 heavy (non-hydrogen) atoms. The molecule has 0 aliphatic heterocycles. The van der Waals surface area contributed by atoms with Crippen molar-refractivity contribution in [2.75, 3.05) is 0 Å². The van der Waals surface area contributed by atoms with Crippen LogP contribution < -0.4 is 4.18 Å². The summed E-state index contributed by atoms with van der Waals surface area (Å²) in [6, 6.07) is 9.20. The molecule has 0 aromatic heterocycles. The molecule has 0 saturated carbocycles. The Morgan fingerprint density at radius 3 is 2.07 bits per heavy atom. The molecule has 0 aliphatic carbocycles. The Morgan fingerprint density at radius 2 is 1.64 bits per heavy atom. The molecule has 1 aromatic rings. The van der Waals surface area contributed by atoms with Gasteiger partial charge in [0.25, 0.3) is 0 Å². The summed E-state index contributed by atoms with van der Waals surface area (Å²) in [6.45, 7) is 5.64. The summed E-state index contributed by atoms with van der Waals surface area (Å²) in [5, 5.41) is 0. The van der Waals surface area contributed by atoms with Gasteiger partial charge in [0.05, 0.1) is 4.75 Å². The second-order valence-electron chi connectivity index (χ2n) is 3.74. The third-order valence-corrected chi connectivity index (χ3v) is 2.76. The van der Waals surface area contributed by atoms with E-state index in [2.05, 4.69) is 0 Å². The third kappa shape index (κ3) is 4.60. The zero-order valence-corrected chi connectivity index (χ0v) is 8.93. The predicted octanol–water partition coefficient (Wildman–Crippen LogP) is 1.88. The molecule has 2 nitrogen and oxygen atoms in total. The molecule has 74 valence electrons. The Morgan fingerprint density at radius 1 is 1.14 bits per heavy atom. The molecule has 1 unspecified atom stereocenters. The number of hydrogen-bond donors (Lipinski definition) is 0. The molecule has 1 rings (SSSR count). The van der Waals surface area contributed by atoms with Gasteiger partial charge in [0, 0.05) is 0 Å². The first-order valence-corrected chi connectivity index (χ1v) is 5.23. The van der Waals surface area contributed by atoms with Crippen LogP contribution in [-0.4, -0.2) is 38.5 Å². The standard InChI is InChI=1S/C10H14O2S.Na.H/c1-10(2,3)13(11)12-9-7-5-4-6-8-9;;/h4-8H,1-3H3;;. The van der Waals surface area contributed by atoms with Gasteiger partial charge in [-0.1, -0.05) is 18.2 Å². The van der Waals surface area contributed by atoms with Gasteiger partial charge in [-0.05, 0) is 32.9 Å². The van der Waals surface area contributed by atoms with E-state index in [4.69, 9.17) is 4.18 Å². The summed E-state index contributed by atoms with van der Waals surface area (Å²) in [4.78, 5) is 0. The number of hydrogen-bond acceptors (Lipinski definition) is 2. The Hall–Kier alpha value is 0.170. The topological polar surface area (TPSA) is 26.3 Å². The molecule has 0 radical (unpaired) electrons. The summed E-state index contributed by atoms with van der Waals surface area (Å²) in [6.07, 6.45) is 0. The Balaban J connectivity index is 0.00000169.